The monoisotopic (exact) mass is 295 g/mol. The Kier molecular flexibility index (Phi) is 20.8. The van der Waals surface area contributed by atoms with E-state index in [1.165, 1.54) is 82.0 Å². The summed E-state index contributed by atoms with van der Waals surface area (Å²) < 4.78 is 1.42. The number of nitrogens with zero attached hydrogens (tertiary/aromatic N) is 1. The van der Waals surface area contributed by atoms with E-state index in [2.05, 4.69) is 27.7 Å². The molecule has 0 rings (SSSR count). The average Bonchev–Trinajstić information content (AvgIpc) is 2.37. The third-order valence-corrected chi connectivity index (χ3v) is 3.94. The van der Waals surface area contributed by atoms with Crippen LogP contribution in [0, 0.1) is 0 Å². The molecule has 0 radical (unpaired) electrons. The lowest BCUT2D eigenvalue weighted by atomic mass is 10.1. The Hall–Kier alpha value is 0.210. The van der Waals surface area contributed by atoms with E-state index in [-0.39, 0.29) is 18.6 Å². The van der Waals surface area contributed by atoms with E-state index >= 15 is 0 Å². The Bertz CT molecular complexity index is 125. The first-order chi connectivity index (χ1) is 8.24. The van der Waals surface area contributed by atoms with E-state index in [9.17, 15) is 0 Å². The van der Waals surface area contributed by atoms with Crippen molar-refractivity contribution in [2.45, 2.75) is 79.1 Å². The zero-order valence-corrected chi connectivity index (χ0v) is 14.9. The molecule has 0 aliphatic heterocycles. The second-order valence-corrected chi connectivity index (χ2v) is 5.65. The number of hydrogen-bond donors (Lipinski definition) is 1. The number of quaternary nitrogens is 1. The summed E-state index contributed by atoms with van der Waals surface area (Å²) in [6, 6.07) is 0. The summed E-state index contributed by atoms with van der Waals surface area (Å²) in [5.41, 5.74) is 0. The first-order valence-electron chi connectivity index (χ1n) is 8.09. The summed E-state index contributed by atoms with van der Waals surface area (Å²) >= 11 is 0. The van der Waals surface area contributed by atoms with Crippen molar-refractivity contribution in [2.75, 3.05) is 26.2 Å². The van der Waals surface area contributed by atoms with E-state index in [0.29, 0.717) is 0 Å². The van der Waals surface area contributed by atoms with Crippen molar-refractivity contribution in [3.05, 3.63) is 0 Å². The summed E-state index contributed by atoms with van der Waals surface area (Å²) in [5.74, 6) is 0. The van der Waals surface area contributed by atoms with Gasteiger partial charge in [0.15, 0.2) is 0 Å². The van der Waals surface area contributed by atoms with Gasteiger partial charge in [-0.3, -0.25) is 0 Å². The standard InChI is InChI=1S/C16H36N.ClH.H3N/c1-5-9-13-17(14-10-6-2,15-11-7-3)16-12-8-4;;/h5-16H2,1-4H3;1H;1H3/q+1;;. The topological polar surface area (TPSA) is 35.0 Å². The Morgan fingerprint density at radius 2 is 0.737 bits per heavy atom. The van der Waals surface area contributed by atoms with Crippen molar-refractivity contribution in [2.24, 2.45) is 0 Å². The van der Waals surface area contributed by atoms with Crippen molar-refractivity contribution < 1.29 is 4.48 Å². The molecular weight excluding hydrogens is 256 g/mol. The van der Waals surface area contributed by atoms with Crippen LogP contribution < -0.4 is 6.15 Å². The van der Waals surface area contributed by atoms with Gasteiger partial charge in [-0.1, -0.05) is 53.4 Å². The predicted octanol–water partition coefficient (Wildman–Crippen LogP) is 5.59. The molecule has 0 unspecified atom stereocenters. The van der Waals surface area contributed by atoms with Gasteiger partial charge in [0.05, 0.1) is 26.2 Å². The van der Waals surface area contributed by atoms with Gasteiger partial charge >= 0.3 is 0 Å². The van der Waals surface area contributed by atoms with Crippen LogP contribution in [0.5, 0.6) is 0 Å². The fourth-order valence-corrected chi connectivity index (χ4v) is 2.64. The number of halogens is 1. The van der Waals surface area contributed by atoms with E-state index < -0.39 is 0 Å². The maximum absolute atomic E-state index is 2.33. The van der Waals surface area contributed by atoms with Gasteiger partial charge in [0.2, 0.25) is 0 Å². The summed E-state index contributed by atoms with van der Waals surface area (Å²) in [6.45, 7) is 15.0. The van der Waals surface area contributed by atoms with Gasteiger partial charge in [0.1, 0.15) is 0 Å². The second-order valence-electron chi connectivity index (χ2n) is 5.65. The van der Waals surface area contributed by atoms with Crippen molar-refractivity contribution >= 4 is 12.4 Å². The minimum Gasteiger partial charge on any atom is -0.344 e. The molecule has 0 saturated carbocycles. The molecule has 3 N–H and O–H groups in total. The molecule has 0 amide bonds. The predicted molar refractivity (Wildman–Crippen MR) is 91.6 cm³/mol. The number of rotatable bonds is 12. The van der Waals surface area contributed by atoms with Gasteiger partial charge in [-0.15, -0.1) is 12.4 Å². The first-order valence-corrected chi connectivity index (χ1v) is 8.09. The summed E-state index contributed by atoms with van der Waals surface area (Å²) in [7, 11) is 0. The molecule has 3 heteroatoms. The maximum Gasteiger partial charge on any atom is 0.0786 e. The largest absolute Gasteiger partial charge is 0.344 e. The third kappa shape index (κ3) is 11.7. The van der Waals surface area contributed by atoms with Gasteiger partial charge in [0, 0.05) is 0 Å². The van der Waals surface area contributed by atoms with E-state index in [1.807, 2.05) is 0 Å². The van der Waals surface area contributed by atoms with Gasteiger partial charge < -0.3 is 10.6 Å². The van der Waals surface area contributed by atoms with Crippen LogP contribution in [0.3, 0.4) is 0 Å². The molecule has 0 heterocycles. The lowest BCUT2D eigenvalue weighted by Gasteiger charge is -2.39. The smallest absolute Gasteiger partial charge is 0.0786 e. The molecule has 0 atom stereocenters. The normalized spacial score (nSPS) is 10.7. The molecular formula is C16H40ClN2+. The molecule has 0 fully saturated rings. The Morgan fingerprint density at radius 1 is 0.526 bits per heavy atom. The van der Waals surface area contributed by atoms with Gasteiger partial charge in [-0.05, 0) is 25.7 Å². The second kappa shape index (κ2) is 16.3. The van der Waals surface area contributed by atoms with Crippen LogP contribution in [0.1, 0.15) is 79.1 Å². The van der Waals surface area contributed by atoms with Gasteiger partial charge in [-0.25, -0.2) is 0 Å². The average molecular weight is 296 g/mol. The SMILES string of the molecule is CCCC[N+](CCCC)(CCCC)CCCC.Cl.N. The highest BCUT2D eigenvalue weighted by Crippen LogP contribution is 2.16. The number of unbranched alkanes of at least 4 members (excludes halogenated alkanes) is 4. The zero-order chi connectivity index (χ0) is 13.0. The molecule has 0 aromatic carbocycles. The quantitative estimate of drug-likeness (QED) is 0.468. The maximum atomic E-state index is 2.33. The highest BCUT2D eigenvalue weighted by atomic mass is 35.5. The van der Waals surface area contributed by atoms with Crippen molar-refractivity contribution in [1.29, 1.82) is 0 Å². The summed E-state index contributed by atoms with van der Waals surface area (Å²) in [5, 5.41) is 0. The van der Waals surface area contributed by atoms with E-state index in [4.69, 9.17) is 0 Å². The molecule has 2 nitrogen and oxygen atoms in total. The van der Waals surface area contributed by atoms with Crippen LogP contribution in [-0.2, 0) is 0 Å². The van der Waals surface area contributed by atoms with Crippen LogP contribution >= 0.6 is 12.4 Å². The minimum atomic E-state index is 0. The molecule has 0 spiro atoms. The lowest BCUT2D eigenvalue weighted by molar-refractivity contribution is -0.929. The van der Waals surface area contributed by atoms with Crippen LogP contribution in [0.25, 0.3) is 0 Å². The molecule has 0 aliphatic carbocycles. The third-order valence-electron chi connectivity index (χ3n) is 3.94. The Morgan fingerprint density at radius 3 is 0.895 bits per heavy atom. The van der Waals surface area contributed by atoms with Gasteiger partial charge in [0.25, 0.3) is 0 Å². The zero-order valence-electron chi connectivity index (χ0n) is 14.0. The van der Waals surface area contributed by atoms with Crippen molar-refractivity contribution in [1.82, 2.24) is 6.15 Å². The minimum absolute atomic E-state index is 0. The van der Waals surface area contributed by atoms with Crippen molar-refractivity contribution in [3.63, 3.8) is 0 Å². The molecule has 120 valence electrons. The molecule has 0 aliphatic rings. The van der Waals surface area contributed by atoms with Gasteiger partial charge in [-0.2, -0.15) is 0 Å². The van der Waals surface area contributed by atoms with E-state index in [1.54, 1.807) is 0 Å². The molecule has 0 bridgehead atoms. The van der Waals surface area contributed by atoms with Crippen LogP contribution in [-0.4, -0.2) is 30.7 Å². The molecule has 0 aromatic rings. The van der Waals surface area contributed by atoms with E-state index in [0.717, 1.165) is 0 Å². The Balaban J connectivity index is -0.00000128. The molecule has 19 heavy (non-hydrogen) atoms. The highest BCUT2D eigenvalue weighted by molar-refractivity contribution is 5.85. The Labute approximate surface area is 128 Å². The van der Waals surface area contributed by atoms with Crippen LogP contribution in [0.2, 0.25) is 0 Å². The first kappa shape index (κ1) is 24.2. The fraction of sp³-hybridized carbons (Fsp3) is 1.00. The van der Waals surface area contributed by atoms with Crippen LogP contribution in [0.15, 0.2) is 0 Å². The summed E-state index contributed by atoms with van der Waals surface area (Å²) in [4.78, 5) is 0. The van der Waals surface area contributed by atoms with Crippen LogP contribution in [0.4, 0.5) is 0 Å². The number of hydrogen-bond acceptors (Lipinski definition) is 1. The lowest BCUT2D eigenvalue weighted by Crippen LogP contribution is -2.50. The fourth-order valence-electron chi connectivity index (χ4n) is 2.64. The molecule has 0 saturated heterocycles. The highest BCUT2D eigenvalue weighted by Gasteiger charge is 2.24. The summed E-state index contributed by atoms with van der Waals surface area (Å²) in [6.07, 6.45) is 11.1. The molecule has 0 aromatic heterocycles. The van der Waals surface area contributed by atoms with Crippen molar-refractivity contribution in [3.8, 4) is 0 Å².